The molecule has 0 aliphatic rings. The molecule has 2 N–H and O–H groups in total. The van der Waals surface area contributed by atoms with Gasteiger partial charge in [0.2, 0.25) is 0 Å². The normalized spacial score (nSPS) is 12.2. The Kier molecular flexibility index (Phi) is 11.7. The van der Waals surface area contributed by atoms with Gasteiger partial charge in [-0.1, -0.05) is 31.5 Å². The van der Waals surface area contributed by atoms with Gasteiger partial charge in [0.1, 0.15) is 0 Å². The number of benzene rings is 1. The summed E-state index contributed by atoms with van der Waals surface area (Å²) in [6.07, 6.45) is 3.66. The summed E-state index contributed by atoms with van der Waals surface area (Å²) in [6, 6.07) is 8.56. The highest BCUT2D eigenvalue weighted by Crippen LogP contribution is 2.10. The Balaban J connectivity index is 2.30. The third-order valence-electron chi connectivity index (χ3n) is 3.69. The fraction of sp³-hybridized carbons (Fsp3) is 0.632. The maximum atomic E-state index is 12.2. The zero-order chi connectivity index (χ0) is 19.1. The lowest BCUT2D eigenvalue weighted by Crippen LogP contribution is -2.38. The van der Waals surface area contributed by atoms with Crippen molar-refractivity contribution in [3.8, 4) is 0 Å². The van der Waals surface area contributed by atoms with E-state index in [1.54, 1.807) is 24.3 Å². The van der Waals surface area contributed by atoms with Crippen molar-refractivity contribution in [2.45, 2.75) is 44.4 Å². The fourth-order valence-electron chi connectivity index (χ4n) is 2.26. The third kappa shape index (κ3) is 9.77. The van der Waals surface area contributed by atoms with Crippen molar-refractivity contribution < 1.29 is 13.2 Å². The smallest absolute Gasteiger partial charge is 0.191 e. The largest absolute Gasteiger partial charge is 0.381 e. The lowest BCUT2D eigenvalue weighted by Gasteiger charge is -2.11. The summed E-state index contributed by atoms with van der Waals surface area (Å²) in [6.45, 7) is 7.72. The van der Waals surface area contributed by atoms with Gasteiger partial charge in [-0.25, -0.2) is 8.42 Å². The SMILES string of the molecule is CCCCOCCCNC(=NCCCS(=O)(=O)c1ccccc1)NCC. The van der Waals surface area contributed by atoms with E-state index in [1.165, 1.54) is 0 Å². The van der Waals surface area contributed by atoms with Gasteiger partial charge in [-0.3, -0.25) is 4.99 Å². The summed E-state index contributed by atoms with van der Waals surface area (Å²) >= 11 is 0. The third-order valence-corrected chi connectivity index (χ3v) is 5.50. The van der Waals surface area contributed by atoms with Crippen molar-refractivity contribution in [3.63, 3.8) is 0 Å². The highest BCUT2D eigenvalue weighted by molar-refractivity contribution is 7.91. The minimum absolute atomic E-state index is 0.102. The molecule has 0 saturated carbocycles. The Bertz CT molecular complexity index is 604. The topological polar surface area (TPSA) is 79.8 Å². The second-order valence-electron chi connectivity index (χ2n) is 5.99. The molecule has 0 atom stereocenters. The van der Waals surface area contributed by atoms with Crippen LogP contribution in [0.15, 0.2) is 40.2 Å². The number of sulfone groups is 1. The fourth-order valence-corrected chi connectivity index (χ4v) is 3.58. The highest BCUT2D eigenvalue weighted by atomic mass is 32.2. The molecule has 0 unspecified atom stereocenters. The maximum Gasteiger partial charge on any atom is 0.191 e. The molecule has 148 valence electrons. The van der Waals surface area contributed by atoms with Crippen molar-refractivity contribution in [2.75, 3.05) is 38.6 Å². The molecular formula is C19H33N3O3S. The monoisotopic (exact) mass is 383 g/mol. The van der Waals surface area contributed by atoms with Gasteiger partial charge in [0.05, 0.1) is 10.6 Å². The molecule has 0 aliphatic heterocycles. The van der Waals surface area contributed by atoms with Crippen molar-refractivity contribution in [3.05, 3.63) is 30.3 Å². The van der Waals surface area contributed by atoms with Crippen LogP contribution < -0.4 is 10.6 Å². The number of ether oxygens (including phenoxy) is 1. The minimum atomic E-state index is -3.23. The summed E-state index contributed by atoms with van der Waals surface area (Å²) in [5, 5.41) is 6.42. The average Bonchev–Trinajstić information content (AvgIpc) is 2.65. The molecule has 0 aliphatic carbocycles. The van der Waals surface area contributed by atoms with Crippen molar-refractivity contribution in [1.29, 1.82) is 0 Å². The summed E-state index contributed by atoms with van der Waals surface area (Å²) in [5.41, 5.74) is 0. The predicted molar refractivity (Wildman–Crippen MR) is 107 cm³/mol. The Labute approximate surface area is 158 Å². The van der Waals surface area contributed by atoms with Gasteiger partial charge < -0.3 is 15.4 Å². The number of nitrogens with one attached hydrogen (secondary N) is 2. The molecule has 0 spiro atoms. The van der Waals surface area contributed by atoms with Crippen molar-refractivity contribution >= 4 is 15.8 Å². The van der Waals surface area contributed by atoms with E-state index in [4.69, 9.17) is 4.74 Å². The first kappa shape index (κ1) is 22.4. The molecule has 0 amide bonds. The second kappa shape index (κ2) is 13.6. The van der Waals surface area contributed by atoms with Gasteiger partial charge in [-0.05, 0) is 38.3 Å². The highest BCUT2D eigenvalue weighted by Gasteiger charge is 2.12. The maximum absolute atomic E-state index is 12.2. The molecule has 0 saturated heterocycles. The lowest BCUT2D eigenvalue weighted by molar-refractivity contribution is 0.129. The van der Waals surface area contributed by atoms with E-state index in [2.05, 4.69) is 22.5 Å². The number of nitrogens with zero attached hydrogens (tertiary/aromatic N) is 1. The molecule has 7 heteroatoms. The van der Waals surface area contributed by atoms with Gasteiger partial charge >= 0.3 is 0 Å². The van der Waals surface area contributed by atoms with Crippen LogP contribution in [0.1, 0.15) is 39.5 Å². The summed E-state index contributed by atoms with van der Waals surface area (Å²) in [4.78, 5) is 4.82. The van der Waals surface area contributed by atoms with Crippen LogP contribution in [0.4, 0.5) is 0 Å². The van der Waals surface area contributed by atoms with Crippen LogP contribution in [0.25, 0.3) is 0 Å². The molecule has 0 fully saturated rings. The molecule has 1 aromatic carbocycles. The number of unbranched alkanes of at least 4 members (excludes halogenated alkanes) is 1. The van der Waals surface area contributed by atoms with Gasteiger partial charge in [-0.15, -0.1) is 0 Å². The van der Waals surface area contributed by atoms with Crippen LogP contribution in [0, 0.1) is 0 Å². The quantitative estimate of drug-likeness (QED) is 0.311. The van der Waals surface area contributed by atoms with E-state index in [1.807, 2.05) is 13.0 Å². The molecule has 6 nitrogen and oxygen atoms in total. The summed E-state index contributed by atoms with van der Waals surface area (Å²) < 4.78 is 30.0. The molecule has 1 aromatic rings. The van der Waals surface area contributed by atoms with Crippen molar-refractivity contribution in [1.82, 2.24) is 10.6 Å². The first-order valence-electron chi connectivity index (χ1n) is 9.48. The number of hydrogen-bond acceptors (Lipinski definition) is 4. The van der Waals surface area contributed by atoms with Gasteiger partial charge in [0.15, 0.2) is 15.8 Å². The number of hydrogen-bond donors (Lipinski definition) is 2. The second-order valence-corrected chi connectivity index (χ2v) is 8.10. The Morgan fingerprint density at radius 3 is 2.46 bits per heavy atom. The van der Waals surface area contributed by atoms with Crippen LogP contribution in [-0.2, 0) is 14.6 Å². The number of rotatable bonds is 13. The van der Waals surface area contributed by atoms with E-state index in [0.29, 0.717) is 17.9 Å². The number of guanidine groups is 1. The van der Waals surface area contributed by atoms with Crippen molar-refractivity contribution in [2.24, 2.45) is 4.99 Å². The Morgan fingerprint density at radius 1 is 1.04 bits per heavy atom. The molecule has 0 bridgehead atoms. The Hall–Kier alpha value is -1.60. The zero-order valence-electron chi connectivity index (χ0n) is 16.0. The lowest BCUT2D eigenvalue weighted by atomic mass is 10.4. The van der Waals surface area contributed by atoms with Gasteiger partial charge in [0, 0.05) is 32.8 Å². The van der Waals surface area contributed by atoms with E-state index in [-0.39, 0.29) is 5.75 Å². The molecule has 0 heterocycles. The van der Waals surface area contributed by atoms with Crippen LogP contribution in [0.2, 0.25) is 0 Å². The molecule has 26 heavy (non-hydrogen) atoms. The standard InChI is InChI=1S/C19H33N3O3S/c1-3-5-15-25-16-9-13-21-19(20-4-2)22-14-10-17-26(23,24)18-11-7-6-8-12-18/h6-8,11-12H,3-5,9-10,13-17H2,1-2H3,(H2,20,21,22). The van der Waals surface area contributed by atoms with Crippen LogP contribution in [0.5, 0.6) is 0 Å². The van der Waals surface area contributed by atoms with Crippen LogP contribution in [-0.4, -0.2) is 53.0 Å². The number of aliphatic imine (C=N–C) groups is 1. The molecule has 0 radical (unpaired) electrons. The van der Waals surface area contributed by atoms with Crippen LogP contribution >= 0.6 is 0 Å². The van der Waals surface area contributed by atoms with E-state index >= 15 is 0 Å². The van der Waals surface area contributed by atoms with Crippen LogP contribution in [0.3, 0.4) is 0 Å². The molecular weight excluding hydrogens is 350 g/mol. The average molecular weight is 384 g/mol. The minimum Gasteiger partial charge on any atom is -0.381 e. The van der Waals surface area contributed by atoms with E-state index in [0.717, 1.165) is 51.5 Å². The van der Waals surface area contributed by atoms with E-state index in [9.17, 15) is 8.42 Å². The molecule has 0 aromatic heterocycles. The van der Waals surface area contributed by atoms with Gasteiger partial charge in [-0.2, -0.15) is 0 Å². The summed E-state index contributed by atoms with van der Waals surface area (Å²) in [7, 11) is -3.23. The summed E-state index contributed by atoms with van der Waals surface area (Å²) in [5.74, 6) is 0.823. The predicted octanol–water partition coefficient (Wildman–Crippen LogP) is 2.61. The van der Waals surface area contributed by atoms with Gasteiger partial charge in [0.25, 0.3) is 0 Å². The Morgan fingerprint density at radius 2 is 1.77 bits per heavy atom. The first-order chi connectivity index (χ1) is 12.6. The first-order valence-corrected chi connectivity index (χ1v) is 11.1. The zero-order valence-corrected chi connectivity index (χ0v) is 16.9. The molecule has 1 rings (SSSR count). The van der Waals surface area contributed by atoms with E-state index < -0.39 is 9.84 Å².